The number of nitrogens with zero attached hydrogens (tertiary/aromatic N) is 1. The lowest BCUT2D eigenvalue weighted by Gasteiger charge is -2.30. The van der Waals surface area contributed by atoms with Crippen LogP contribution in [-0.4, -0.2) is 57.1 Å². The van der Waals surface area contributed by atoms with Crippen LogP contribution in [0.1, 0.15) is 46.0 Å². The molecule has 6 nitrogen and oxygen atoms in total. The lowest BCUT2D eigenvalue weighted by atomic mass is 9.97. The maximum atomic E-state index is 12.1. The Morgan fingerprint density at radius 2 is 1.74 bits per heavy atom. The average molecular weight is 370 g/mol. The highest BCUT2D eigenvalue weighted by Gasteiger charge is 2.30. The van der Waals surface area contributed by atoms with Crippen molar-refractivity contribution in [2.75, 3.05) is 38.5 Å². The molecule has 1 aliphatic heterocycles. The van der Waals surface area contributed by atoms with Gasteiger partial charge in [0.2, 0.25) is 15.9 Å². The van der Waals surface area contributed by atoms with E-state index in [9.17, 15) is 13.2 Å². The second-order valence-corrected chi connectivity index (χ2v) is 7.97. The molecule has 0 aromatic heterocycles. The number of nitrogens with one attached hydrogen (secondary N) is 2. The van der Waals surface area contributed by atoms with Crippen molar-refractivity contribution in [3.05, 3.63) is 0 Å². The third kappa shape index (κ3) is 8.33. The van der Waals surface area contributed by atoms with E-state index in [2.05, 4.69) is 17.6 Å². The van der Waals surface area contributed by atoms with Gasteiger partial charge in [0.05, 0.1) is 5.75 Å². The van der Waals surface area contributed by atoms with Crippen molar-refractivity contribution in [2.45, 2.75) is 46.0 Å². The molecule has 0 atom stereocenters. The molecule has 1 saturated heterocycles. The average Bonchev–Trinajstić information content (AvgIpc) is 2.52. The second-order valence-electron chi connectivity index (χ2n) is 5.88. The van der Waals surface area contributed by atoms with Crippen LogP contribution in [0.3, 0.4) is 0 Å². The van der Waals surface area contributed by atoms with Crippen LogP contribution in [0.5, 0.6) is 0 Å². The summed E-state index contributed by atoms with van der Waals surface area (Å²) >= 11 is 0. The third-order valence-electron chi connectivity index (χ3n) is 4.00. The number of halogens is 1. The Labute approximate surface area is 147 Å². The van der Waals surface area contributed by atoms with Gasteiger partial charge in [0.1, 0.15) is 0 Å². The van der Waals surface area contributed by atoms with Gasteiger partial charge in [-0.3, -0.25) is 4.79 Å². The van der Waals surface area contributed by atoms with E-state index in [1.165, 1.54) is 0 Å². The van der Waals surface area contributed by atoms with Gasteiger partial charge in [-0.1, -0.05) is 20.3 Å². The molecular formula is C15H32ClN3O3S. The predicted molar refractivity (Wildman–Crippen MR) is 96.4 cm³/mol. The lowest BCUT2D eigenvalue weighted by Crippen LogP contribution is -2.44. The number of carbonyl (C=O) groups excluding carboxylic acids is 1. The van der Waals surface area contributed by atoms with Gasteiger partial charge < -0.3 is 10.6 Å². The van der Waals surface area contributed by atoms with E-state index in [1.807, 2.05) is 6.92 Å². The van der Waals surface area contributed by atoms with Crippen molar-refractivity contribution in [1.82, 2.24) is 14.9 Å². The summed E-state index contributed by atoms with van der Waals surface area (Å²) in [6, 6.07) is 0. The molecule has 0 aromatic carbocycles. The maximum Gasteiger partial charge on any atom is 0.223 e. The Morgan fingerprint density at radius 1 is 1.09 bits per heavy atom. The SMILES string of the molecule is CCCCS(=O)(=O)N1CCC(C(=O)NCCNCCC)CC1.Cl. The zero-order chi connectivity index (χ0) is 16.4. The zero-order valence-corrected chi connectivity index (χ0v) is 16.0. The van der Waals surface area contributed by atoms with Crippen molar-refractivity contribution >= 4 is 28.3 Å². The van der Waals surface area contributed by atoms with E-state index < -0.39 is 10.0 Å². The Morgan fingerprint density at radius 3 is 2.30 bits per heavy atom. The molecule has 0 spiro atoms. The molecule has 138 valence electrons. The van der Waals surface area contributed by atoms with Crippen LogP contribution >= 0.6 is 12.4 Å². The first kappa shape index (κ1) is 22.6. The summed E-state index contributed by atoms with van der Waals surface area (Å²) in [5.74, 6) is 0.233. The van der Waals surface area contributed by atoms with Crippen LogP contribution in [0.2, 0.25) is 0 Å². The number of hydrogen-bond acceptors (Lipinski definition) is 4. The van der Waals surface area contributed by atoms with Crippen LogP contribution in [-0.2, 0) is 14.8 Å². The highest BCUT2D eigenvalue weighted by Crippen LogP contribution is 2.20. The van der Waals surface area contributed by atoms with E-state index in [0.29, 0.717) is 38.9 Å². The van der Waals surface area contributed by atoms with E-state index in [-0.39, 0.29) is 30.0 Å². The molecule has 0 unspecified atom stereocenters. The number of carbonyl (C=O) groups is 1. The van der Waals surface area contributed by atoms with Crippen LogP contribution in [0.25, 0.3) is 0 Å². The first-order valence-electron chi connectivity index (χ1n) is 8.47. The van der Waals surface area contributed by atoms with E-state index in [1.54, 1.807) is 4.31 Å². The number of amides is 1. The number of hydrogen-bond donors (Lipinski definition) is 2. The van der Waals surface area contributed by atoms with Crippen LogP contribution < -0.4 is 10.6 Å². The van der Waals surface area contributed by atoms with Crippen molar-refractivity contribution in [3.63, 3.8) is 0 Å². The summed E-state index contributed by atoms with van der Waals surface area (Å²) in [7, 11) is -3.13. The lowest BCUT2D eigenvalue weighted by molar-refractivity contribution is -0.126. The molecule has 1 rings (SSSR count). The molecule has 8 heteroatoms. The highest BCUT2D eigenvalue weighted by molar-refractivity contribution is 7.89. The van der Waals surface area contributed by atoms with Gasteiger partial charge in [-0.25, -0.2) is 12.7 Å². The quantitative estimate of drug-likeness (QED) is 0.570. The molecule has 0 bridgehead atoms. The molecule has 0 aromatic rings. The summed E-state index contributed by atoms with van der Waals surface area (Å²) in [5, 5.41) is 6.17. The van der Waals surface area contributed by atoms with E-state index >= 15 is 0 Å². The maximum absolute atomic E-state index is 12.1. The minimum absolute atomic E-state index is 0. The molecule has 1 aliphatic rings. The molecule has 1 amide bonds. The summed E-state index contributed by atoms with van der Waals surface area (Å²) in [6.07, 6.45) is 3.91. The third-order valence-corrected chi connectivity index (χ3v) is 5.96. The van der Waals surface area contributed by atoms with Crippen LogP contribution in [0, 0.1) is 5.92 Å². The van der Waals surface area contributed by atoms with Crippen molar-refractivity contribution in [3.8, 4) is 0 Å². The van der Waals surface area contributed by atoms with Gasteiger partial charge >= 0.3 is 0 Å². The standard InChI is InChI=1S/C15H31N3O3S.ClH/c1-3-5-13-22(20,21)18-11-6-14(7-12-18)15(19)17-10-9-16-8-4-2;/h14,16H,3-13H2,1-2H3,(H,17,19);1H. The Balaban J connectivity index is 0.00000484. The minimum atomic E-state index is -3.13. The Kier molecular flexibility index (Phi) is 11.9. The first-order valence-corrected chi connectivity index (χ1v) is 10.1. The smallest absolute Gasteiger partial charge is 0.223 e. The van der Waals surface area contributed by atoms with Gasteiger partial charge in [0.15, 0.2) is 0 Å². The fraction of sp³-hybridized carbons (Fsp3) is 0.933. The molecule has 2 N–H and O–H groups in total. The number of sulfonamides is 1. The minimum Gasteiger partial charge on any atom is -0.355 e. The summed E-state index contributed by atoms with van der Waals surface area (Å²) < 4.78 is 25.8. The summed E-state index contributed by atoms with van der Waals surface area (Å²) in [4.78, 5) is 12.1. The number of piperidine rings is 1. The van der Waals surface area contributed by atoms with Gasteiger partial charge in [-0.05, 0) is 32.2 Å². The fourth-order valence-corrected chi connectivity index (χ4v) is 4.25. The van der Waals surface area contributed by atoms with Crippen LogP contribution in [0.15, 0.2) is 0 Å². The molecule has 1 heterocycles. The van der Waals surface area contributed by atoms with E-state index in [4.69, 9.17) is 0 Å². The summed E-state index contributed by atoms with van der Waals surface area (Å²) in [6.45, 7) is 7.41. The van der Waals surface area contributed by atoms with E-state index in [0.717, 1.165) is 25.9 Å². The number of unbranched alkanes of at least 4 members (excludes halogenated alkanes) is 1. The van der Waals surface area contributed by atoms with Crippen molar-refractivity contribution in [2.24, 2.45) is 5.92 Å². The van der Waals surface area contributed by atoms with Gasteiger partial charge in [-0.15, -0.1) is 12.4 Å². The molecule has 0 saturated carbocycles. The molecular weight excluding hydrogens is 338 g/mol. The van der Waals surface area contributed by atoms with Gasteiger partial charge in [0, 0.05) is 32.1 Å². The van der Waals surface area contributed by atoms with Gasteiger partial charge in [-0.2, -0.15) is 0 Å². The monoisotopic (exact) mass is 369 g/mol. The first-order chi connectivity index (χ1) is 10.5. The molecule has 23 heavy (non-hydrogen) atoms. The highest BCUT2D eigenvalue weighted by atomic mass is 35.5. The molecule has 0 aliphatic carbocycles. The largest absolute Gasteiger partial charge is 0.355 e. The topological polar surface area (TPSA) is 78.5 Å². The molecule has 0 radical (unpaired) electrons. The normalized spacial score (nSPS) is 16.8. The Bertz CT molecular complexity index is 424. The fourth-order valence-electron chi connectivity index (χ4n) is 2.57. The summed E-state index contributed by atoms with van der Waals surface area (Å²) in [5.41, 5.74) is 0. The Hall–Kier alpha value is -0.370. The predicted octanol–water partition coefficient (Wildman–Crippen LogP) is 1.37. The number of rotatable bonds is 10. The second kappa shape index (κ2) is 12.1. The molecule has 1 fully saturated rings. The zero-order valence-electron chi connectivity index (χ0n) is 14.3. The van der Waals surface area contributed by atoms with Crippen LogP contribution in [0.4, 0.5) is 0 Å². The van der Waals surface area contributed by atoms with Gasteiger partial charge in [0.25, 0.3) is 0 Å². The van der Waals surface area contributed by atoms with Crippen molar-refractivity contribution < 1.29 is 13.2 Å². The van der Waals surface area contributed by atoms with Crippen molar-refractivity contribution in [1.29, 1.82) is 0 Å².